The lowest BCUT2D eigenvalue weighted by molar-refractivity contribution is -0.132. The normalized spacial score (nSPS) is 22.2. The average Bonchev–Trinajstić information content (AvgIpc) is 3.20. The van der Waals surface area contributed by atoms with Crippen molar-refractivity contribution in [2.45, 2.75) is 12.3 Å². The number of ketones is 1. The summed E-state index contributed by atoms with van der Waals surface area (Å²) in [6, 6.07) is 9.56. The summed E-state index contributed by atoms with van der Waals surface area (Å²) in [7, 11) is 1.43. The van der Waals surface area contributed by atoms with E-state index in [-0.39, 0.29) is 17.6 Å². The number of hydrogen-bond acceptors (Lipinski definition) is 3. The largest absolute Gasteiger partial charge is 0.358 e. The number of nitriles is 1. The van der Waals surface area contributed by atoms with Crippen LogP contribution < -0.4 is 5.32 Å². The number of carbonyl (C=O) groups excluding carboxylic acids is 2. The van der Waals surface area contributed by atoms with Crippen molar-refractivity contribution in [3.8, 4) is 6.07 Å². The fraction of sp³-hybridized carbons (Fsp3) is 0.357. The first-order valence-corrected chi connectivity index (χ1v) is 6.78. The first-order valence-electron chi connectivity index (χ1n) is 5.99. The number of Topliss-reactive ketones (excluding diaryl/α,β-unsaturated/α-hetero) is 1. The van der Waals surface area contributed by atoms with E-state index in [2.05, 4.69) is 21.2 Å². The lowest BCUT2D eigenvalue weighted by Gasteiger charge is -2.06. The summed E-state index contributed by atoms with van der Waals surface area (Å²) >= 11 is 3.36. The van der Waals surface area contributed by atoms with Gasteiger partial charge in [-0.2, -0.15) is 5.26 Å². The van der Waals surface area contributed by atoms with E-state index in [1.54, 1.807) is 6.07 Å². The monoisotopic (exact) mass is 320 g/mol. The summed E-state index contributed by atoms with van der Waals surface area (Å²) in [6.45, 7) is 0. The molecule has 0 bridgehead atoms. The van der Waals surface area contributed by atoms with Crippen molar-refractivity contribution < 1.29 is 9.59 Å². The van der Waals surface area contributed by atoms with Gasteiger partial charge in [-0.25, -0.2) is 0 Å². The number of rotatable bonds is 4. The molecule has 1 saturated carbocycles. The molecule has 0 saturated heterocycles. The zero-order valence-corrected chi connectivity index (χ0v) is 12.0. The van der Waals surface area contributed by atoms with Gasteiger partial charge in [0.05, 0.1) is 6.07 Å². The van der Waals surface area contributed by atoms with Crippen molar-refractivity contribution in [1.29, 1.82) is 5.26 Å². The molecule has 1 aromatic rings. The van der Waals surface area contributed by atoms with Gasteiger partial charge in [-0.05, 0) is 30.0 Å². The summed E-state index contributed by atoms with van der Waals surface area (Å²) in [6.07, 6.45) is 0.718. The maximum atomic E-state index is 12.1. The number of benzene rings is 1. The first kappa shape index (κ1) is 13.8. The Balaban J connectivity index is 2.06. The molecule has 1 aliphatic rings. The Morgan fingerprint density at radius 2 is 2.05 bits per heavy atom. The Labute approximate surface area is 119 Å². The van der Waals surface area contributed by atoms with Crippen molar-refractivity contribution in [3.05, 3.63) is 34.3 Å². The van der Waals surface area contributed by atoms with Crippen LogP contribution in [0.1, 0.15) is 17.9 Å². The summed E-state index contributed by atoms with van der Waals surface area (Å²) in [5.74, 6) is -2.04. The third kappa shape index (κ3) is 2.85. The minimum Gasteiger partial charge on any atom is -0.358 e. The standard InChI is InChI=1S/C14H13BrN2O2/c1-17-14(19)12(7-16)13(18)11-6-10(11)8-2-4-9(15)5-3-8/h2-5,10-12H,6H2,1H3,(H,17,19)/t10-,11+,12+/m0/s1. The molecule has 0 radical (unpaired) electrons. The van der Waals surface area contributed by atoms with Gasteiger partial charge in [0.25, 0.3) is 0 Å². The van der Waals surface area contributed by atoms with Crippen LogP contribution in [0.25, 0.3) is 0 Å². The fourth-order valence-electron chi connectivity index (χ4n) is 2.20. The van der Waals surface area contributed by atoms with E-state index in [0.29, 0.717) is 0 Å². The lowest BCUT2D eigenvalue weighted by atomic mass is 9.98. The van der Waals surface area contributed by atoms with Gasteiger partial charge in [-0.3, -0.25) is 9.59 Å². The molecule has 1 amide bonds. The molecule has 5 heteroatoms. The molecule has 1 fully saturated rings. The van der Waals surface area contributed by atoms with Gasteiger partial charge in [0.2, 0.25) is 5.91 Å². The van der Waals surface area contributed by atoms with E-state index < -0.39 is 11.8 Å². The van der Waals surface area contributed by atoms with Crippen molar-refractivity contribution in [2.24, 2.45) is 11.8 Å². The molecular formula is C14H13BrN2O2. The van der Waals surface area contributed by atoms with E-state index in [1.165, 1.54) is 7.05 Å². The van der Waals surface area contributed by atoms with E-state index in [0.717, 1.165) is 16.5 Å². The summed E-state index contributed by atoms with van der Waals surface area (Å²) in [4.78, 5) is 23.5. The van der Waals surface area contributed by atoms with Crippen molar-refractivity contribution in [3.63, 3.8) is 0 Å². The molecule has 0 aromatic heterocycles. The zero-order chi connectivity index (χ0) is 14.0. The molecule has 98 valence electrons. The van der Waals surface area contributed by atoms with Gasteiger partial charge in [-0.15, -0.1) is 0 Å². The Morgan fingerprint density at radius 1 is 1.42 bits per heavy atom. The van der Waals surface area contributed by atoms with E-state index in [9.17, 15) is 9.59 Å². The maximum absolute atomic E-state index is 12.1. The van der Waals surface area contributed by atoms with Gasteiger partial charge in [0.1, 0.15) is 0 Å². The quantitative estimate of drug-likeness (QED) is 0.863. The van der Waals surface area contributed by atoms with Crippen LogP contribution in [0.5, 0.6) is 0 Å². The van der Waals surface area contributed by atoms with Crippen LogP contribution in [0.4, 0.5) is 0 Å². The summed E-state index contributed by atoms with van der Waals surface area (Å²) < 4.78 is 0.986. The smallest absolute Gasteiger partial charge is 0.244 e. The van der Waals surface area contributed by atoms with Crippen LogP contribution in [0, 0.1) is 23.2 Å². The molecular weight excluding hydrogens is 308 g/mol. The first-order chi connectivity index (χ1) is 9.08. The lowest BCUT2D eigenvalue weighted by Crippen LogP contribution is -2.33. The van der Waals surface area contributed by atoms with Gasteiger partial charge in [0, 0.05) is 17.4 Å². The minimum atomic E-state index is -1.18. The summed E-state index contributed by atoms with van der Waals surface area (Å²) in [5, 5.41) is 11.3. The van der Waals surface area contributed by atoms with E-state index >= 15 is 0 Å². The third-order valence-corrected chi connectivity index (χ3v) is 3.90. The Hall–Kier alpha value is -1.67. The fourth-order valence-corrected chi connectivity index (χ4v) is 2.46. The molecule has 2 rings (SSSR count). The molecule has 1 aliphatic carbocycles. The SMILES string of the molecule is CNC(=O)[C@H](C#N)C(=O)[C@@H]1C[C@H]1c1ccc(Br)cc1. The molecule has 0 unspecified atom stereocenters. The number of amides is 1. The van der Waals surface area contributed by atoms with Gasteiger partial charge in [-0.1, -0.05) is 28.1 Å². The number of carbonyl (C=O) groups is 2. The molecule has 3 atom stereocenters. The molecule has 19 heavy (non-hydrogen) atoms. The van der Waals surface area contributed by atoms with Crippen molar-refractivity contribution in [1.82, 2.24) is 5.32 Å². The molecule has 1 aromatic carbocycles. The van der Waals surface area contributed by atoms with Crippen LogP contribution in [0.2, 0.25) is 0 Å². The van der Waals surface area contributed by atoms with Crippen molar-refractivity contribution >= 4 is 27.6 Å². The average molecular weight is 321 g/mol. The highest BCUT2D eigenvalue weighted by atomic mass is 79.9. The number of halogens is 1. The van der Waals surface area contributed by atoms with Crippen LogP contribution in [0.3, 0.4) is 0 Å². The Morgan fingerprint density at radius 3 is 2.58 bits per heavy atom. The van der Waals surface area contributed by atoms with E-state index in [4.69, 9.17) is 5.26 Å². The van der Waals surface area contributed by atoms with Crippen LogP contribution in [-0.4, -0.2) is 18.7 Å². The Bertz CT molecular complexity index is 548. The maximum Gasteiger partial charge on any atom is 0.244 e. The Kier molecular flexibility index (Phi) is 4.01. The number of nitrogens with one attached hydrogen (secondary N) is 1. The molecule has 1 N–H and O–H groups in total. The number of hydrogen-bond donors (Lipinski definition) is 1. The minimum absolute atomic E-state index is 0.140. The topological polar surface area (TPSA) is 70.0 Å². The van der Waals surface area contributed by atoms with Gasteiger partial charge < -0.3 is 5.32 Å². The van der Waals surface area contributed by atoms with Crippen LogP contribution >= 0.6 is 15.9 Å². The highest BCUT2D eigenvalue weighted by molar-refractivity contribution is 9.10. The van der Waals surface area contributed by atoms with Gasteiger partial charge >= 0.3 is 0 Å². The zero-order valence-electron chi connectivity index (χ0n) is 10.4. The molecule has 0 heterocycles. The predicted octanol–water partition coefficient (Wildman–Crippen LogP) is 2.01. The number of nitrogens with zero attached hydrogens (tertiary/aromatic N) is 1. The highest BCUT2D eigenvalue weighted by Gasteiger charge is 2.47. The molecule has 0 spiro atoms. The third-order valence-electron chi connectivity index (χ3n) is 3.38. The predicted molar refractivity (Wildman–Crippen MR) is 73.2 cm³/mol. The summed E-state index contributed by atoms with van der Waals surface area (Å²) in [5.41, 5.74) is 1.08. The molecule has 4 nitrogen and oxygen atoms in total. The van der Waals surface area contributed by atoms with Gasteiger partial charge in [0.15, 0.2) is 11.7 Å². The highest BCUT2D eigenvalue weighted by Crippen LogP contribution is 2.49. The second-order valence-electron chi connectivity index (χ2n) is 4.58. The van der Waals surface area contributed by atoms with Crippen LogP contribution in [0.15, 0.2) is 28.7 Å². The molecule has 0 aliphatic heterocycles. The second kappa shape index (κ2) is 5.54. The van der Waals surface area contributed by atoms with Crippen LogP contribution in [-0.2, 0) is 9.59 Å². The van der Waals surface area contributed by atoms with Crippen molar-refractivity contribution in [2.75, 3.05) is 7.05 Å². The second-order valence-corrected chi connectivity index (χ2v) is 5.49. The van der Waals surface area contributed by atoms with E-state index in [1.807, 2.05) is 24.3 Å².